The van der Waals surface area contributed by atoms with Crippen LogP contribution in [0.5, 0.6) is 0 Å². The topological polar surface area (TPSA) is 53.3 Å². The third-order valence-electron chi connectivity index (χ3n) is 6.01. The molecule has 1 amide bonds. The normalized spacial score (nSPS) is 16.0. The van der Waals surface area contributed by atoms with E-state index in [1.807, 2.05) is 62.4 Å². The molecule has 0 spiro atoms. The number of hydrogen-bond acceptors (Lipinski definition) is 3. The zero-order valence-electron chi connectivity index (χ0n) is 20.0. The molecule has 1 saturated heterocycles. The molecule has 176 valence electrons. The Hall–Kier alpha value is -3.65. The molecule has 1 aliphatic rings. The minimum atomic E-state index is -0.342. The van der Waals surface area contributed by atoms with Crippen LogP contribution in [-0.4, -0.2) is 23.6 Å². The van der Waals surface area contributed by atoms with Gasteiger partial charge in [0.1, 0.15) is 11.9 Å². The van der Waals surface area contributed by atoms with Crippen LogP contribution in [0.1, 0.15) is 48.9 Å². The summed E-state index contributed by atoms with van der Waals surface area (Å²) < 4.78 is 19.6. The number of carbonyl (C=O) groups excluding carboxylic acids is 1. The van der Waals surface area contributed by atoms with Crippen LogP contribution in [0.25, 0.3) is 11.1 Å². The first-order chi connectivity index (χ1) is 16.4. The number of benzene rings is 3. The van der Waals surface area contributed by atoms with E-state index >= 15 is 0 Å². The zero-order chi connectivity index (χ0) is 24.5. The van der Waals surface area contributed by atoms with E-state index in [0.29, 0.717) is 24.9 Å². The van der Waals surface area contributed by atoms with Crippen LogP contribution in [0, 0.1) is 31.0 Å². The van der Waals surface area contributed by atoms with Crippen molar-refractivity contribution in [2.45, 2.75) is 52.2 Å². The standard InChI is InChI=1S/C22H23FN2O2.C7H8/c1-15-5-10-20(21(23)14-15)18-8-6-17(7-9-18)16(2)25-13-11-19(4-3-12-24)27-22(25)26;1-7-5-3-2-4-6-7/h5-10,14,16,19H,3-4,11,13H2,1-2H3;2-6H,1H3. The number of hydrogen-bond donors (Lipinski definition) is 0. The average Bonchev–Trinajstić information content (AvgIpc) is 2.83. The summed E-state index contributed by atoms with van der Waals surface area (Å²) in [7, 11) is 0. The van der Waals surface area contributed by atoms with Gasteiger partial charge >= 0.3 is 6.09 Å². The van der Waals surface area contributed by atoms with Crippen molar-refractivity contribution in [3.05, 3.63) is 95.3 Å². The number of ether oxygens (including phenoxy) is 1. The Labute approximate surface area is 201 Å². The molecule has 0 aromatic heterocycles. The minimum Gasteiger partial charge on any atom is -0.446 e. The van der Waals surface area contributed by atoms with Gasteiger partial charge < -0.3 is 9.64 Å². The number of nitrogens with zero attached hydrogens (tertiary/aromatic N) is 2. The lowest BCUT2D eigenvalue weighted by molar-refractivity contribution is 0.0106. The summed E-state index contributed by atoms with van der Waals surface area (Å²) in [5, 5.41) is 8.66. The second-order valence-corrected chi connectivity index (χ2v) is 8.62. The highest BCUT2D eigenvalue weighted by Gasteiger charge is 2.30. The van der Waals surface area contributed by atoms with E-state index in [4.69, 9.17) is 10.00 Å². The van der Waals surface area contributed by atoms with Crippen LogP contribution in [-0.2, 0) is 4.74 Å². The second kappa shape index (κ2) is 12.0. The Kier molecular flexibility index (Phi) is 8.81. The molecule has 0 aliphatic carbocycles. The molecule has 2 atom stereocenters. The van der Waals surface area contributed by atoms with Gasteiger partial charge in [-0.2, -0.15) is 5.26 Å². The maximum absolute atomic E-state index is 14.2. The van der Waals surface area contributed by atoms with Crippen LogP contribution in [0.3, 0.4) is 0 Å². The summed E-state index contributed by atoms with van der Waals surface area (Å²) in [5.41, 5.74) is 4.55. The van der Waals surface area contributed by atoms with Gasteiger partial charge in [-0.25, -0.2) is 9.18 Å². The predicted octanol–water partition coefficient (Wildman–Crippen LogP) is 7.37. The van der Waals surface area contributed by atoms with Crippen molar-refractivity contribution in [3.8, 4) is 17.2 Å². The average molecular weight is 459 g/mol. The summed E-state index contributed by atoms with van der Waals surface area (Å²) in [5.74, 6) is -0.237. The number of nitriles is 1. The molecular weight excluding hydrogens is 427 g/mol. The van der Waals surface area contributed by atoms with Crippen LogP contribution >= 0.6 is 0 Å². The smallest absolute Gasteiger partial charge is 0.410 e. The molecule has 0 N–H and O–H groups in total. The summed E-state index contributed by atoms with van der Waals surface area (Å²) in [6, 6.07) is 25.0. The highest BCUT2D eigenvalue weighted by Crippen LogP contribution is 2.29. The van der Waals surface area contributed by atoms with Crippen LogP contribution in [0.15, 0.2) is 72.8 Å². The number of halogens is 1. The number of rotatable bonds is 5. The Morgan fingerprint density at radius 3 is 2.32 bits per heavy atom. The van der Waals surface area contributed by atoms with Crippen molar-refractivity contribution in [3.63, 3.8) is 0 Å². The van der Waals surface area contributed by atoms with Gasteiger partial charge in [-0.1, -0.05) is 72.3 Å². The first-order valence-corrected chi connectivity index (χ1v) is 11.6. The number of aryl methyl sites for hydroxylation is 2. The molecule has 3 aromatic carbocycles. The number of cyclic esters (lactones) is 1. The molecule has 1 heterocycles. The van der Waals surface area contributed by atoms with Crippen molar-refractivity contribution in [1.29, 1.82) is 5.26 Å². The van der Waals surface area contributed by atoms with Crippen molar-refractivity contribution >= 4 is 6.09 Å². The lowest BCUT2D eigenvalue weighted by atomic mass is 9.99. The molecule has 1 fully saturated rings. The van der Waals surface area contributed by atoms with E-state index in [0.717, 1.165) is 23.1 Å². The van der Waals surface area contributed by atoms with Crippen LogP contribution < -0.4 is 0 Å². The van der Waals surface area contributed by atoms with E-state index in [2.05, 4.69) is 25.1 Å². The summed E-state index contributed by atoms with van der Waals surface area (Å²) >= 11 is 0. The van der Waals surface area contributed by atoms with Crippen LogP contribution in [0.4, 0.5) is 9.18 Å². The SMILES string of the molecule is Cc1ccc(-c2ccc(C(C)N3CCC(CCC#N)OC3=O)cc2)c(F)c1.Cc1ccccc1. The molecule has 0 radical (unpaired) electrons. The molecule has 1 aliphatic heterocycles. The van der Waals surface area contributed by atoms with Gasteiger partial charge in [-0.15, -0.1) is 0 Å². The van der Waals surface area contributed by atoms with E-state index in [-0.39, 0.29) is 24.1 Å². The fraction of sp³-hybridized carbons (Fsp3) is 0.310. The Bertz CT molecular complexity index is 1120. The van der Waals surface area contributed by atoms with Crippen molar-refractivity contribution < 1.29 is 13.9 Å². The quantitative estimate of drug-likeness (QED) is 0.401. The van der Waals surface area contributed by atoms with Gasteiger partial charge in [-0.3, -0.25) is 0 Å². The summed E-state index contributed by atoms with van der Waals surface area (Å²) in [4.78, 5) is 14.0. The first-order valence-electron chi connectivity index (χ1n) is 11.6. The summed E-state index contributed by atoms with van der Waals surface area (Å²) in [6.45, 7) is 6.50. The number of carbonyl (C=O) groups is 1. The van der Waals surface area contributed by atoms with E-state index < -0.39 is 0 Å². The van der Waals surface area contributed by atoms with Crippen molar-refractivity contribution in [2.24, 2.45) is 0 Å². The lowest BCUT2D eigenvalue weighted by Gasteiger charge is -2.35. The van der Waals surface area contributed by atoms with Gasteiger partial charge in [0.15, 0.2) is 0 Å². The molecule has 4 rings (SSSR count). The maximum Gasteiger partial charge on any atom is 0.410 e. The minimum absolute atomic E-state index is 0.133. The van der Waals surface area contributed by atoms with Crippen LogP contribution in [0.2, 0.25) is 0 Å². The second-order valence-electron chi connectivity index (χ2n) is 8.62. The molecule has 2 unspecified atom stereocenters. The lowest BCUT2D eigenvalue weighted by Crippen LogP contribution is -2.43. The van der Waals surface area contributed by atoms with E-state index in [1.54, 1.807) is 11.0 Å². The summed E-state index contributed by atoms with van der Waals surface area (Å²) in [6.07, 6.45) is 1.19. The Morgan fingerprint density at radius 1 is 1.06 bits per heavy atom. The van der Waals surface area contributed by atoms with Gasteiger partial charge in [0.2, 0.25) is 0 Å². The Morgan fingerprint density at radius 2 is 1.76 bits per heavy atom. The first kappa shape index (κ1) is 25.0. The molecular formula is C29H31FN2O2. The third kappa shape index (κ3) is 6.68. The fourth-order valence-electron chi connectivity index (χ4n) is 3.93. The maximum atomic E-state index is 14.2. The van der Waals surface area contributed by atoms with Gasteiger partial charge in [0, 0.05) is 24.9 Å². The highest BCUT2D eigenvalue weighted by molar-refractivity contribution is 5.69. The fourth-order valence-corrected chi connectivity index (χ4v) is 3.93. The molecule has 4 nitrogen and oxygen atoms in total. The van der Waals surface area contributed by atoms with E-state index in [1.165, 1.54) is 11.6 Å². The monoisotopic (exact) mass is 458 g/mol. The Balaban J connectivity index is 0.000000396. The largest absolute Gasteiger partial charge is 0.446 e. The molecule has 0 saturated carbocycles. The van der Waals surface area contributed by atoms with Gasteiger partial charge in [0.25, 0.3) is 0 Å². The zero-order valence-corrected chi connectivity index (χ0v) is 20.0. The number of amides is 1. The third-order valence-corrected chi connectivity index (χ3v) is 6.01. The van der Waals surface area contributed by atoms with E-state index in [9.17, 15) is 9.18 Å². The van der Waals surface area contributed by atoms with Gasteiger partial charge in [-0.05, 0) is 49.9 Å². The molecule has 34 heavy (non-hydrogen) atoms. The molecule has 5 heteroatoms. The van der Waals surface area contributed by atoms with Crippen molar-refractivity contribution in [1.82, 2.24) is 4.90 Å². The van der Waals surface area contributed by atoms with Crippen molar-refractivity contribution in [2.75, 3.05) is 6.54 Å². The predicted molar refractivity (Wildman–Crippen MR) is 133 cm³/mol. The highest BCUT2D eigenvalue weighted by atomic mass is 19.1. The molecule has 0 bridgehead atoms. The molecule has 3 aromatic rings. The van der Waals surface area contributed by atoms with Gasteiger partial charge in [0.05, 0.1) is 12.1 Å².